The summed E-state index contributed by atoms with van der Waals surface area (Å²) in [6.45, 7) is 2.17. The van der Waals surface area contributed by atoms with Gasteiger partial charge in [-0.3, -0.25) is 0 Å². The average molecular weight is 447 g/mol. The summed E-state index contributed by atoms with van der Waals surface area (Å²) in [6, 6.07) is 17.2. The van der Waals surface area contributed by atoms with Gasteiger partial charge in [-0.1, -0.05) is 36.4 Å². The van der Waals surface area contributed by atoms with Crippen LogP contribution < -0.4 is 0 Å². The molecule has 166 valence electrons. The van der Waals surface area contributed by atoms with Gasteiger partial charge in [0.05, 0.1) is 28.3 Å². The van der Waals surface area contributed by atoms with Gasteiger partial charge in [-0.25, -0.2) is 9.97 Å². The van der Waals surface area contributed by atoms with Crippen LogP contribution in [0.4, 0.5) is 0 Å². The quantitative estimate of drug-likeness (QED) is 0.400. The molecule has 0 amide bonds. The number of nitrogens with zero attached hydrogens (tertiary/aromatic N) is 4. The van der Waals surface area contributed by atoms with Crippen molar-refractivity contribution < 1.29 is 4.74 Å². The van der Waals surface area contributed by atoms with Gasteiger partial charge in [0.2, 0.25) is 0 Å². The Balaban J connectivity index is 1.41. The van der Waals surface area contributed by atoms with E-state index in [0.717, 1.165) is 55.0 Å². The molecule has 2 aromatic carbocycles. The average Bonchev–Trinajstić information content (AvgIpc) is 3.43. The summed E-state index contributed by atoms with van der Waals surface area (Å²) in [5.74, 6) is 0. The number of imidazole rings is 1. The van der Waals surface area contributed by atoms with Crippen LogP contribution in [0.1, 0.15) is 40.8 Å². The molecule has 1 aliphatic rings. The first-order valence-electron chi connectivity index (χ1n) is 11.4. The molecule has 0 N–H and O–H groups in total. The lowest BCUT2D eigenvalue weighted by molar-refractivity contribution is -0.0234. The summed E-state index contributed by atoms with van der Waals surface area (Å²) in [7, 11) is 4.20. The van der Waals surface area contributed by atoms with E-state index in [1.807, 2.05) is 17.9 Å². The largest absolute Gasteiger partial charge is 0.363 e. The molecule has 0 saturated carbocycles. The van der Waals surface area contributed by atoms with Gasteiger partial charge in [0, 0.05) is 26.3 Å². The number of thiazole rings is 1. The van der Waals surface area contributed by atoms with E-state index in [0.29, 0.717) is 0 Å². The van der Waals surface area contributed by atoms with Gasteiger partial charge < -0.3 is 14.2 Å². The van der Waals surface area contributed by atoms with E-state index in [4.69, 9.17) is 9.72 Å². The molecule has 1 saturated heterocycles. The number of ether oxygens (including phenoxy) is 1. The highest BCUT2D eigenvalue weighted by atomic mass is 32.1. The minimum Gasteiger partial charge on any atom is -0.363 e. The van der Waals surface area contributed by atoms with Gasteiger partial charge in [0.1, 0.15) is 11.1 Å². The third-order valence-electron chi connectivity index (χ3n) is 6.21. The molecule has 32 heavy (non-hydrogen) atoms. The van der Waals surface area contributed by atoms with Crippen molar-refractivity contribution in [2.75, 3.05) is 20.1 Å². The van der Waals surface area contributed by atoms with E-state index in [1.165, 1.54) is 15.8 Å². The number of aromatic nitrogens is 3. The number of rotatable bonds is 7. The lowest BCUT2D eigenvalue weighted by Gasteiger charge is -2.31. The molecule has 1 atom stereocenters. The van der Waals surface area contributed by atoms with Crippen molar-refractivity contribution in [3.05, 3.63) is 82.9 Å². The Kier molecular flexibility index (Phi) is 6.35. The number of likely N-dealkylation sites (tertiary alicyclic amines) is 1. The normalized spacial score (nSPS) is 16.6. The molecule has 0 bridgehead atoms. The van der Waals surface area contributed by atoms with Crippen molar-refractivity contribution >= 4 is 21.6 Å². The molecular weight excluding hydrogens is 416 g/mol. The van der Waals surface area contributed by atoms with Crippen LogP contribution in [0.5, 0.6) is 0 Å². The molecule has 4 aromatic rings. The maximum Gasteiger partial charge on any atom is 0.134 e. The third kappa shape index (κ3) is 4.93. The van der Waals surface area contributed by atoms with Crippen LogP contribution in [0.25, 0.3) is 10.2 Å². The third-order valence-corrected chi connectivity index (χ3v) is 7.29. The Morgan fingerprint density at radius 2 is 1.91 bits per heavy atom. The number of hydrogen-bond acceptors (Lipinski definition) is 5. The van der Waals surface area contributed by atoms with Gasteiger partial charge in [-0.05, 0) is 56.0 Å². The van der Waals surface area contributed by atoms with Crippen LogP contribution in [-0.4, -0.2) is 45.7 Å². The molecule has 5 nitrogen and oxygen atoms in total. The smallest absolute Gasteiger partial charge is 0.134 e. The van der Waals surface area contributed by atoms with Crippen molar-refractivity contribution in [1.29, 1.82) is 0 Å². The summed E-state index contributed by atoms with van der Waals surface area (Å²) < 4.78 is 9.99. The van der Waals surface area contributed by atoms with E-state index >= 15 is 0 Å². The lowest BCUT2D eigenvalue weighted by atomic mass is 10.0. The SMILES string of the molecule is CN1CCC(OC(c2cccc(CCc3cn(C)cn3)c2)c2nc3ccccc3s2)CC1. The number of benzene rings is 2. The minimum absolute atomic E-state index is 0.129. The molecule has 1 aliphatic heterocycles. The van der Waals surface area contributed by atoms with Crippen LogP contribution in [0.3, 0.4) is 0 Å². The first-order valence-corrected chi connectivity index (χ1v) is 12.2. The summed E-state index contributed by atoms with van der Waals surface area (Å²) in [5.41, 5.74) is 4.69. The molecule has 0 spiro atoms. The van der Waals surface area contributed by atoms with E-state index < -0.39 is 0 Å². The van der Waals surface area contributed by atoms with Gasteiger partial charge in [0.25, 0.3) is 0 Å². The summed E-state index contributed by atoms with van der Waals surface area (Å²) in [4.78, 5) is 11.8. The second kappa shape index (κ2) is 9.53. The number of aryl methyl sites for hydroxylation is 3. The van der Waals surface area contributed by atoms with Gasteiger partial charge in [-0.2, -0.15) is 0 Å². The summed E-state index contributed by atoms with van der Waals surface area (Å²) in [6.07, 6.45) is 8.13. The van der Waals surface area contributed by atoms with Gasteiger partial charge >= 0.3 is 0 Å². The predicted octanol–water partition coefficient (Wildman–Crippen LogP) is 5.02. The van der Waals surface area contributed by atoms with Crippen LogP contribution in [0.15, 0.2) is 61.1 Å². The molecule has 5 rings (SSSR count). The Labute approximate surface area is 193 Å². The highest BCUT2D eigenvalue weighted by molar-refractivity contribution is 7.18. The molecule has 6 heteroatoms. The van der Waals surface area contributed by atoms with Crippen molar-refractivity contribution in [3.8, 4) is 0 Å². The van der Waals surface area contributed by atoms with Crippen LogP contribution in [0, 0.1) is 0 Å². The van der Waals surface area contributed by atoms with E-state index in [-0.39, 0.29) is 12.2 Å². The fraction of sp³-hybridized carbons (Fsp3) is 0.385. The number of piperidine rings is 1. The zero-order valence-electron chi connectivity index (χ0n) is 18.8. The monoisotopic (exact) mass is 446 g/mol. The highest BCUT2D eigenvalue weighted by Crippen LogP contribution is 2.35. The van der Waals surface area contributed by atoms with Crippen LogP contribution in [0.2, 0.25) is 0 Å². The summed E-state index contributed by atoms with van der Waals surface area (Å²) >= 11 is 1.75. The maximum atomic E-state index is 6.77. The second-order valence-electron chi connectivity index (χ2n) is 8.81. The van der Waals surface area contributed by atoms with Gasteiger partial charge in [0.15, 0.2) is 0 Å². The van der Waals surface area contributed by atoms with E-state index in [2.05, 4.69) is 71.7 Å². The molecule has 3 heterocycles. The molecular formula is C26H30N4OS. The standard InChI is InChI=1S/C26H30N4OS/c1-29-14-12-22(13-15-29)31-25(26-28-23-8-3-4-9-24(23)32-26)20-7-5-6-19(16-20)10-11-21-17-30(2)18-27-21/h3-9,16-18,22,25H,10-15H2,1-2H3. The number of fused-ring (bicyclic) bond motifs is 1. The van der Waals surface area contributed by atoms with Gasteiger partial charge in [-0.15, -0.1) is 11.3 Å². The molecule has 2 aromatic heterocycles. The van der Waals surface area contributed by atoms with Crippen molar-refractivity contribution in [2.45, 2.75) is 37.9 Å². The maximum absolute atomic E-state index is 6.77. The first kappa shape index (κ1) is 21.3. The van der Waals surface area contributed by atoms with Crippen molar-refractivity contribution in [3.63, 3.8) is 0 Å². The second-order valence-corrected chi connectivity index (χ2v) is 9.88. The zero-order chi connectivity index (χ0) is 21.9. The number of hydrogen-bond donors (Lipinski definition) is 0. The molecule has 0 radical (unpaired) electrons. The Bertz CT molecular complexity index is 1140. The van der Waals surface area contributed by atoms with Crippen molar-refractivity contribution in [2.24, 2.45) is 7.05 Å². The Morgan fingerprint density at radius 3 is 2.69 bits per heavy atom. The fourth-order valence-electron chi connectivity index (χ4n) is 4.38. The van der Waals surface area contributed by atoms with E-state index in [1.54, 1.807) is 11.3 Å². The topological polar surface area (TPSA) is 43.2 Å². The Hall–Kier alpha value is -2.54. The van der Waals surface area contributed by atoms with E-state index in [9.17, 15) is 0 Å². The first-order chi connectivity index (χ1) is 15.6. The molecule has 0 aliphatic carbocycles. The minimum atomic E-state index is -0.129. The lowest BCUT2D eigenvalue weighted by Crippen LogP contribution is -2.35. The zero-order valence-corrected chi connectivity index (χ0v) is 19.6. The highest BCUT2D eigenvalue weighted by Gasteiger charge is 2.26. The van der Waals surface area contributed by atoms with Crippen LogP contribution in [-0.2, 0) is 24.6 Å². The van der Waals surface area contributed by atoms with Crippen LogP contribution >= 0.6 is 11.3 Å². The summed E-state index contributed by atoms with van der Waals surface area (Å²) in [5, 5.41) is 1.05. The van der Waals surface area contributed by atoms with Crippen molar-refractivity contribution in [1.82, 2.24) is 19.4 Å². The predicted molar refractivity (Wildman–Crippen MR) is 130 cm³/mol. The fourth-order valence-corrected chi connectivity index (χ4v) is 5.41. The molecule has 1 unspecified atom stereocenters. The number of para-hydroxylation sites is 1. The Morgan fingerprint density at radius 1 is 1.06 bits per heavy atom. The molecule has 1 fully saturated rings.